The van der Waals surface area contributed by atoms with Gasteiger partial charge in [0.1, 0.15) is 0 Å². The van der Waals surface area contributed by atoms with Crippen molar-refractivity contribution in [3.8, 4) is 0 Å². The highest BCUT2D eigenvalue weighted by Crippen LogP contribution is 2.21. The van der Waals surface area contributed by atoms with Gasteiger partial charge in [-0.05, 0) is 18.3 Å². The number of ether oxygens (including phenoxy) is 1. The molecular formula is C11H25NO. The summed E-state index contributed by atoms with van der Waals surface area (Å²) < 4.78 is 4.98. The maximum Gasteiger partial charge on any atom is 0.0462 e. The maximum absolute atomic E-state index is 6.03. The van der Waals surface area contributed by atoms with Crippen LogP contribution in [-0.2, 0) is 4.74 Å². The van der Waals surface area contributed by atoms with E-state index in [0.717, 1.165) is 19.4 Å². The van der Waals surface area contributed by atoms with Crippen LogP contribution in [0.5, 0.6) is 0 Å². The Balaban J connectivity index is 3.32. The molecule has 0 aliphatic heterocycles. The summed E-state index contributed by atoms with van der Waals surface area (Å²) in [6, 6.07) is 0.329. The molecule has 0 saturated carbocycles. The van der Waals surface area contributed by atoms with Crippen LogP contribution in [0.15, 0.2) is 0 Å². The molecule has 0 aromatic heterocycles. The second-order valence-electron chi connectivity index (χ2n) is 4.81. The van der Waals surface area contributed by atoms with Gasteiger partial charge >= 0.3 is 0 Å². The van der Waals surface area contributed by atoms with Crippen LogP contribution < -0.4 is 5.73 Å². The first kappa shape index (κ1) is 12.9. The van der Waals surface area contributed by atoms with Gasteiger partial charge in [-0.1, -0.05) is 33.6 Å². The van der Waals surface area contributed by atoms with Gasteiger partial charge in [0.05, 0.1) is 0 Å². The van der Waals surface area contributed by atoms with Crippen molar-refractivity contribution in [2.45, 2.75) is 52.5 Å². The highest BCUT2D eigenvalue weighted by atomic mass is 16.5. The van der Waals surface area contributed by atoms with E-state index in [4.69, 9.17) is 10.5 Å². The standard InChI is InChI=1S/C11H25NO/c1-11(2,3)10(12)8-6-5-7-9-13-4/h10H,5-9,12H2,1-4H3. The summed E-state index contributed by atoms with van der Waals surface area (Å²) in [5.74, 6) is 0. The van der Waals surface area contributed by atoms with Gasteiger partial charge in [0, 0.05) is 19.8 Å². The first-order chi connectivity index (χ1) is 5.98. The topological polar surface area (TPSA) is 35.2 Å². The van der Waals surface area contributed by atoms with Crippen LogP contribution in [0.3, 0.4) is 0 Å². The third-order valence-electron chi connectivity index (χ3n) is 2.48. The van der Waals surface area contributed by atoms with Crippen molar-refractivity contribution in [3.63, 3.8) is 0 Å². The number of rotatable bonds is 6. The average Bonchev–Trinajstić information content (AvgIpc) is 2.02. The summed E-state index contributed by atoms with van der Waals surface area (Å²) in [5.41, 5.74) is 6.29. The zero-order valence-corrected chi connectivity index (χ0v) is 9.60. The van der Waals surface area contributed by atoms with Gasteiger partial charge in [0.25, 0.3) is 0 Å². The molecule has 0 bridgehead atoms. The minimum absolute atomic E-state index is 0.251. The monoisotopic (exact) mass is 187 g/mol. The van der Waals surface area contributed by atoms with Gasteiger partial charge in [0.2, 0.25) is 0 Å². The Kier molecular flexibility index (Phi) is 6.35. The Labute approximate surface area is 82.8 Å². The molecule has 0 amide bonds. The second-order valence-corrected chi connectivity index (χ2v) is 4.81. The molecule has 2 nitrogen and oxygen atoms in total. The molecule has 2 heteroatoms. The molecule has 0 saturated heterocycles. The van der Waals surface area contributed by atoms with E-state index in [-0.39, 0.29) is 5.41 Å². The van der Waals surface area contributed by atoms with Crippen molar-refractivity contribution >= 4 is 0 Å². The van der Waals surface area contributed by atoms with Crippen molar-refractivity contribution in [1.29, 1.82) is 0 Å². The third-order valence-corrected chi connectivity index (χ3v) is 2.48. The van der Waals surface area contributed by atoms with Crippen molar-refractivity contribution in [1.82, 2.24) is 0 Å². The Bertz CT molecular complexity index is 118. The Morgan fingerprint density at radius 1 is 1.15 bits per heavy atom. The summed E-state index contributed by atoms with van der Waals surface area (Å²) >= 11 is 0. The zero-order chi connectivity index (χ0) is 10.3. The van der Waals surface area contributed by atoms with Crippen molar-refractivity contribution in [2.24, 2.45) is 11.1 Å². The smallest absolute Gasteiger partial charge is 0.0462 e. The fourth-order valence-corrected chi connectivity index (χ4v) is 1.22. The second kappa shape index (κ2) is 6.39. The lowest BCUT2D eigenvalue weighted by Gasteiger charge is -2.26. The highest BCUT2D eigenvalue weighted by molar-refractivity contribution is 4.76. The highest BCUT2D eigenvalue weighted by Gasteiger charge is 2.19. The minimum atomic E-state index is 0.251. The van der Waals surface area contributed by atoms with E-state index >= 15 is 0 Å². The van der Waals surface area contributed by atoms with Crippen LogP contribution in [0, 0.1) is 5.41 Å². The Morgan fingerprint density at radius 3 is 2.23 bits per heavy atom. The van der Waals surface area contributed by atoms with E-state index in [1.165, 1.54) is 12.8 Å². The molecule has 13 heavy (non-hydrogen) atoms. The molecule has 0 spiro atoms. The zero-order valence-electron chi connectivity index (χ0n) is 9.60. The molecular weight excluding hydrogens is 162 g/mol. The van der Waals surface area contributed by atoms with Gasteiger partial charge in [0.15, 0.2) is 0 Å². The van der Waals surface area contributed by atoms with E-state index in [1.807, 2.05) is 0 Å². The van der Waals surface area contributed by atoms with E-state index in [9.17, 15) is 0 Å². The SMILES string of the molecule is COCCCCCC(N)C(C)(C)C. The van der Waals surface area contributed by atoms with Gasteiger partial charge in [-0.25, -0.2) is 0 Å². The summed E-state index contributed by atoms with van der Waals surface area (Å²) in [7, 11) is 1.75. The number of hydrogen-bond donors (Lipinski definition) is 1. The van der Waals surface area contributed by atoms with Crippen LogP contribution in [0.2, 0.25) is 0 Å². The molecule has 0 aliphatic rings. The Morgan fingerprint density at radius 2 is 1.77 bits per heavy atom. The van der Waals surface area contributed by atoms with E-state index in [2.05, 4.69) is 20.8 Å². The summed E-state index contributed by atoms with van der Waals surface area (Å²) in [6.45, 7) is 7.48. The number of nitrogens with two attached hydrogens (primary N) is 1. The molecule has 2 N–H and O–H groups in total. The molecule has 0 aromatic carbocycles. The third kappa shape index (κ3) is 7.03. The molecule has 0 rings (SSSR count). The minimum Gasteiger partial charge on any atom is -0.385 e. The normalized spacial score (nSPS) is 14.5. The van der Waals surface area contributed by atoms with Crippen LogP contribution in [0.4, 0.5) is 0 Å². The Hall–Kier alpha value is -0.0800. The van der Waals surface area contributed by atoms with Crippen LogP contribution in [0.25, 0.3) is 0 Å². The van der Waals surface area contributed by atoms with Crippen LogP contribution >= 0.6 is 0 Å². The lowest BCUT2D eigenvalue weighted by Crippen LogP contribution is -2.34. The van der Waals surface area contributed by atoms with Crippen molar-refractivity contribution in [2.75, 3.05) is 13.7 Å². The summed E-state index contributed by atoms with van der Waals surface area (Å²) in [6.07, 6.45) is 4.75. The van der Waals surface area contributed by atoms with Gasteiger partial charge in [-0.2, -0.15) is 0 Å². The molecule has 1 atom stereocenters. The van der Waals surface area contributed by atoms with Crippen LogP contribution in [-0.4, -0.2) is 19.8 Å². The molecule has 0 aromatic rings. The van der Waals surface area contributed by atoms with Crippen molar-refractivity contribution < 1.29 is 4.74 Å². The molecule has 0 heterocycles. The quantitative estimate of drug-likeness (QED) is 0.649. The number of methoxy groups -OCH3 is 1. The lowest BCUT2D eigenvalue weighted by atomic mass is 9.84. The molecule has 0 radical (unpaired) electrons. The van der Waals surface area contributed by atoms with Crippen molar-refractivity contribution in [3.05, 3.63) is 0 Å². The van der Waals surface area contributed by atoms with E-state index < -0.39 is 0 Å². The predicted octanol–water partition coefficient (Wildman–Crippen LogP) is 2.57. The van der Waals surface area contributed by atoms with Crippen LogP contribution in [0.1, 0.15) is 46.5 Å². The number of hydrogen-bond acceptors (Lipinski definition) is 2. The molecule has 1 unspecified atom stereocenters. The largest absolute Gasteiger partial charge is 0.385 e. The lowest BCUT2D eigenvalue weighted by molar-refractivity contribution is 0.190. The summed E-state index contributed by atoms with van der Waals surface area (Å²) in [4.78, 5) is 0. The molecule has 0 fully saturated rings. The first-order valence-corrected chi connectivity index (χ1v) is 5.23. The maximum atomic E-state index is 6.03. The molecule has 80 valence electrons. The summed E-state index contributed by atoms with van der Waals surface area (Å²) in [5, 5.41) is 0. The van der Waals surface area contributed by atoms with E-state index in [1.54, 1.807) is 7.11 Å². The average molecular weight is 187 g/mol. The predicted molar refractivity (Wildman–Crippen MR) is 57.8 cm³/mol. The van der Waals surface area contributed by atoms with Gasteiger partial charge in [-0.3, -0.25) is 0 Å². The van der Waals surface area contributed by atoms with Gasteiger partial charge < -0.3 is 10.5 Å². The fraction of sp³-hybridized carbons (Fsp3) is 1.00. The molecule has 0 aliphatic carbocycles. The first-order valence-electron chi connectivity index (χ1n) is 5.23. The van der Waals surface area contributed by atoms with Gasteiger partial charge in [-0.15, -0.1) is 0 Å². The number of unbranched alkanes of at least 4 members (excludes halogenated alkanes) is 2. The van der Waals surface area contributed by atoms with E-state index in [0.29, 0.717) is 6.04 Å². The fourth-order valence-electron chi connectivity index (χ4n) is 1.22.